The van der Waals surface area contributed by atoms with Gasteiger partial charge in [0.25, 0.3) is 0 Å². The van der Waals surface area contributed by atoms with Gasteiger partial charge in [0.15, 0.2) is 0 Å². The molecule has 0 radical (unpaired) electrons. The summed E-state index contributed by atoms with van der Waals surface area (Å²) in [4.78, 5) is 12.0. The molecule has 0 unspecified atom stereocenters. The molecule has 0 atom stereocenters. The predicted octanol–water partition coefficient (Wildman–Crippen LogP) is 2.12. The van der Waals surface area contributed by atoms with E-state index in [2.05, 4.69) is 20.3 Å². The van der Waals surface area contributed by atoms with Crippen molar-refractivity contribution in [3.05, 3.63) is 35.1 Å². The lowest BCUT2D eigenvalue weighted by Gasteiger charge is -2.10. The number of rotatable bonds is 5. The Morgan fingerprint density at radius 1 is 1.42 bits per heavy atom. The molecule has 7 heteroatoms. The summed E-state index contributed by atoms with van der Waals surface area (Å²) in [7, 11) is 0. The summed E-state index contributed by atoms with van der Waals surface area (Å²) >= 11 is 5.80. The second-order valence-electron chi connectivity index (χ2n) is 3.69. The first-order valence-corrected chi connectivity index (χ1v) is 6.17. The fourth-order valence-corrected chi connectivity index (χ4v) is 1.73. The third-order valence-electron chi connectivity index (χ3n) is 2.30. The lowest BCUT2D eigenvalue weighted by Crippen LogP contribution is -2.07. The summed E-state index contributed by atoms with van der Waals surface area (Å²) in [6.07, 6.45) is 1.69. The van der Waals surface area contributed by atoms with E-state index in [0.717, 1.165) is 5.56 Å². The summed E-state index contributed by atoms with van der Waals surface area (Å²) in [5, 5.41) is 3.40. The molecule has 6 nitrogen and oxygen atoms in total. The fourth-order valence-electron chi connectivity index (χ4n) is 1.54. The van der Waals surface area contributed by atoms with Crippen LogP contribution in [0.15, 0.2) is 24.4 Å². The first kappa shape index (κ1) is 13.4. The topological polar surface area (TPSA) is 86.0 Å². The Bertz CT molecular complexity index is 543. The first-order chi connectivity index (χ1) is 9.19. The number of anilines is 2. The van der Waals surface area contributed by atoms with Gasteiger partial charge in [-0.15, -0.1) is 0 Å². The molecular formula is C12H14ClN5O. The van der Waals surface area contributed by atoms with Crippen LogP contribution >= 0.6 is 11.6 Å². The number of nitrogens with one attached hydrogen (secondary N) is 1. The molecule has 0 amide bonds. The molecule has 0 saturated heterocycles. The molecule has 2 heterocycles. The zero-order chi connectivity index (χ0) is 13.7. The van der Waals surface area contributed by atoms with Gasteiger partial charge < -0.3 is 15.8 Å². The molecule has 0 aliphatic carbocycles. The van der Waals surface area contributed by atoms with Crippen molar-refractivity contribution < 1.29 is 4.74 Å². The Hall–Kier alpha value is -2.08. The average molecular weight is 280 g/mol. The highest BCUT2D eigenvalue weighted by molar-refractivity contribution is 6.29. The van der Waals surface area contributed by atoms with Crippen molar-refractivity contribution in [2.45, 2.75) is 13.5 Å². The maximum absolute atomic E-state index is 5.80. The molecule has 2 rings (SSSR count). The van der Waals surface area contributed by atoms with E-state index in [0.29, 0.717) is 30.0 Å². The number of nitrogens with zero attached hydrogens (tertiary/aromatic N) is 3. The van der Waals surface area contributed by atoms with Crippen molar-refractivity contribution in [3.63, 3.8) is 0 Å². The maximum Gasteiger partial charge on any atom is 0.223 e. The maximum atomic E-state index is 5.80. The van der Waals surface area contributed by atoms with Gasteiger partial charge >= 0.3 is 0 Å². The number of nitrogen functional groups attached to an aromatic ring is 1. The van der Waals surface area contributed by atoms with Crippen LogP contribution in [0.5, 0.6) is 5.88 Å². The first-order valence-electron chi connectivity index (χ1n) is 5.79. The summed E-state index contributed by atoms with van der Waals surface area (Å²) in [5.41, 5.74) is 6.45. The number of halogens is 1. The molecule has 0 fully saturated rings. The van der Waals surface area contributed by atoms with Crippen LogP contribution in [0, 0.1) is 0 Å². The van der Waals surface area contributed by atoms with Crippen molar-refractivity contribution >= 4 is 23.4 Å². The molecule has 0 spiro atoms. The van der Waals surface area contributed by atoms with E-state index in [1.807, 2.05) is 19.1 Å². The molecule has 0 aliphatic rings. The molecule has 2 aromatic heterocycles. The number of hydrogen-bond acceptors (Lipinski definition) is 6. The summed E-state index contributed by atoms with van der Waals surface area (Å²) < 4.78 is 5.44. The van der Waals surface area contributed by atoms with Crippen LogP contribution in [0.2, 0.25) is 5.15 Å². The smallest absolute Gasteiger partial charge is 0.223 e. The normalized spacial score (nSPS) is 10.2. The van der Waals surface area contributed by atoms with Gasteiger partial charge in [-0.05, 0) is 13.0 Å². The van der Waals surface area contributed by atoms with Gasteiger partial charge in [0.05, 0.1) is 6.61 Å². The van der Waals surface area contributed by atoms with Gasteiger partial charge in [-0.25, -0.2) is 9.97 Å². The second kappa shape index (κ2) is 6.19. The minimum atomic E-state index is 0.131. The third kappa shape index (κ3) is 3.69. The molecular weight excluding hydrogens is 266 g/mol. The summed E-state index contributed by atoms with van der Waals surface area (Å²) in [6, 6.07) is 5.38. The standard InChI is InChI=1S/C12H14ClN5O/c1-2-19-11-8(4-3-5-15-11)7-16-10-6-9(13)17-12(14)18-10/h3-6H,2,7H2,1H3,(H3,14,16,17,18). The summed E-state index contributed by atoms with van der Waals surface area (Å²) in [6.45, 7) is 2.99. The van der Waals surface area contributed by atoms with Gasteiger partial charge in [-0.3, -0.25) is 0 Å². The highest BCUT2D eigenvalue weighted by Crippen LogP contribution is 2.17. The van der Waals surface area contributed by atoms with Crippen molar-refractivity contribution in [2.24, 2.45) is 0 Å². The second-order valence-corrected chi connectivity index (χ2v) is 4.08. The van der Waals surface area contributed by atoms with Gasteiger partial charge in [-0.1, -0.05) is 17.7 Å². The molecule has 0 aromatic carbocycles. The van der Waals surface area contributed by atoms with Crippen LogP contribution in [0.1, 0.15) is 12.5 Å². The number of nitrogens with two attached hydrogens (primary N) is 1. The molecule has 19 heavy (non-hydrogen) atoms. The van der Waals surface area contributed by atoms with Crippen LogP contribution in [-0.2, 0) is 6.54 Å². The van der Waals surface area contributed by atoms with E-state index in [1.165, 1.54) is 0 Å². The fraction of sp³-hybridized carbons (Fsp3) is 0.250. The van der Waals surface area contributed by atoms with E-state index in [4.69, 9.17) is 22.1 Å². The largest absolute Gasteiger partial charge is 0.478 e. The lowest BCUT2D eigenvalue weighted by molar-refractivity contribution is 0.323. The monoisotopic (exact) mass is 279 g/mol. The zero-order valence-corrected chi connectivity index (χ0v) is 11.2. The van der Waals surface area contributed by atoms with Crippen molar-refractivity contribution in [1.29, 1.82) is 0 Å². The van der Waals surface area contributed by atoms with Gasteiger partial charge in [-0.2, -0.15) is 4.98 Å². The molecule has 2 aromatic rings. The van der Waals surface area contributed by atoms with Crippen molar-refractivity contribution in [3.8, 4) is 5.88 Å². The van der Waals surface area contributed by atoms with Crippen LogP contribution in [0.3, 0.4) is 0 Å². The van der Waals surface area contributed by atoms with Crippen LogP contribution in [0.25, 0.3) is 0 Å². The van der Waals surface area contributed by atoms with Crippen molar-refractivity contribution in [1.82, 2.24) is 15.0 Å². The van der Waals surface area contributed by atoms with Crippen LogP contribution < -0.4 is 15.8 Å². The quantitative estimate of drug-likeness (QED) is 0.816. The van der Waals surface area contributed by atoms with E-state index in [9.17, 15) is 0 Å². The highest BCUT2D eigenvalue weighted by atomic mass is 35.5. The summed E-state index contributed by atoms with van der Waals surface area (Å²) in [5.74, 6) is 1.29. The molecule has 0 aliphatic heterocycles. The van der Waals surface area contributed by atoms with Crippen LogP contribution in [0.4, 0.5) is 11.8 Å². The van der Waals surface area contributed by atoms with E-state index < -0.39 is 0 Å². The number of pyridine rings is 1. The minimum absolute atomic E-state index is 0.131. The average Bonchev–Trinajstić information content (AvgIpc) is 2.37. The number of aromatic nitrogens is 3. The molecule has 0 bridgehead atoms. The Balaban J connectivity index is 2.09. The van der Waals surface area contributed by atoms with E-state index in [1.54, 1.807) is 12.3 Å². The number of ether oxygens (including phenoxy) is 1. The van der Waals surface area contributed by atoms with Gasteiger partial charge in [0.1, 0.15) is 11.0 Å². The minimum Gasteiger partial charge on any atom is -0.478 e. The Kier molecular flexibility index (Phi) is 4.35. The Morgan fingerprint density at radius 3 is 3.00 bits per heavy atom. The molecule has 100 valence electrons. The number of hydrogen-bond donors (Lipinski definition) is 2. The Morgan fingerprint density at radius 2 is 2.26 bits per heavy atom. The highest BCUT2D eigenvalue weighted by Gasteiger charge is 2.05. The van der Waals surface area contributed by atoms with Gasteiger partial charge in [0.2, 0.25) is 11.8 Å². The van der Waals surface area contributed by atoms with Crippen molar-refractivity contribution in [2.75, 3.05) is 17.7 Å². The van der Waals surface area contributed by atoms with E-state index in [-0.39, 0.29) is 5.95 Å². The third-order valence-corrected chi connectivity index (χ3v) is 2.50. The molecule has 0 saturated carbocycles. The SMILES string of the molecule is CCOc1ncccc1CNc1cc(Cl)nc(N)n1. The molecule has 3 N–H and O–H groups in total. The van der Waals surface area contributed by atoms with Gasteiger partial charge in [0, 0.05) is 24.4 Å². The van der Waals surface area contributed by atoms with Crippen LogP contribution in [-0.4, -0.2) is 21.6 Å². The Labute approximate surface area is 116 Å². The zero-order valence-electron chi connectivity index (χ0n) is 10.4. The predicted molar refractivity (Wildman–Crippen MR) is 74.2 cm³/mol. The lowest BCUT2D eigenvalue weighted by atomic mass is 10.2. The van der Waals surface area contributed by atoms with E-state index >= 15 is 0 Å².